The van der Waals surface area contributed by atoms with Crippen LogP contribution in [0.5, 0.6) is 0 Å². The highest BCUT2D eigenvalue weighted by atomic mass is 19.1. The Bertz CT molecular complexity index is 1160. The molecule has 35 heavy (non-hydrogen) atoms. The van der Waals surface area contributed by atoms with Crippen molar-refractivity contribution in [3.8, 4) is 0 Å². The first-order chi connectivity index (χ1) is 17.0. The number of rotatable bonds is 5. The second-order valence-electron chi connectivity index (χ2n) is 8.72. The van der Waals surface area contributed by atoms with Crippen molar-refractivity contribution in [3.63, 3.8) is 0 Å². The standard InChI is InChI=1S/C26H27FN4O4/c1-2-30-20-16-31(23(18-6-4-3-5-7-18)25(33)29-12-14-35-15-13-29)24(32)21(20)22(28-26(30)34)17-8-10-19(27)11-9-17/h3-11,22-23H,2,12-16H2,1H3,(H,28,34). The zero-order valence-corrected chi connectivity index (χ0v) is 19.4. The lowest BCUT2D eigenvalue weighted by Crippen LogP contribution is -2.48. The van der Waals surface area contributed by atoms with E-state index < -0.39 is 17.9 Å². The number of carbonyl (C=O) groups excluding carboxylic acids is 3. The highest BCUT2D eigenvalue weighted by Gasteiger charge is 2.47. The van der Waals surface area contributed by atoms with Gasteiger partial charge in [-0.3, -0.25) is 14.5 Å². The maximum Gasteiger partial charge on any atom is 0.322 e. The smallest absolute Gasteiger partial charge is 0.322 e. The summed E-state index contributed by atoms with van der Waals surface area (Å²) in [6.45, 7) is 4.14. The molecule has 5 rings (SSSR count). The minimum Gasteiger partial charge on any atom is -0.378 e. The molecule has 9 heteroatoms. The zero-order chi connectivity index (χ0) is 24.5. The average molecular weight is 479 g/mol. The van der Waals surface area contributed by atoms with Crippen molar-refractivity contribution in [1.29, 1.82) is 0 Å². The van der Waals surface area contributed by atoms with Crippen molar-refractivity contribution >= 4 is 17.8 Å². The highest BCUT2D eigenvalue weighted by molar-refractivity contribution is 6.03. The highest BCUT2D eigenvalue weighted by Crippen LogP contribution is 2.40. The van der Waals surface area contributed by atoms with E-state index in [1.54, 1.807) is 21.9 Å². The molecule has 182 valence electrons. The molecule has 0 bridgehead atoms. The van der Waals surface area contributed by atoms with E-state index in [0.29, 0.717) is 55.2 Å². The van der Waals surface area contributed by atoms with E-state index in [0.717, 1.165) is 0 Å². The quantitative estimate of drug-likeness (QED) is 0.716. The normalized spacial score (nSPS) is 21.2. The minimum absolute atomic E-state index is 0.128. The zero-order valence-electron chi connectivity index (χ0n) is 19.4. The number of ether oxygens (including phenoxy) is 1. The molecule has 3 heterocycles. The molecular formula is C26H27FN4O4. The van der Waals surface area contributed by atoms with Crippen LogP contribution in [0.25, 0.3) is 0 Å². The third-order valence-electron chi connectivity index (χ3n) is 6.75. The van der Waals surface area contributed by atoms with Crippen LogP contribution in [0.15, 0.2) is 65.9 Å². The Labute approximate surface area is 202 Å². The number of urea groups is 1. The third-order valence-corrected chi connectivity index (χ3v) is 6.75. The van der Waals surface area contributed by atoms with Gasteiger partial charge in [0.15, 0.2) is 0 Å². The van der Waals surface area contributed by atoms with Crippen LogP contribution in [-0.4, -0.2) is 71.9 Å². The van der Waals surface area contributed by atoms with Gasteiger partial charge in [0.2, 0.25) is 5.91 Å². The molecule has 1 saturated heterocycles. The summed E-state index contributed by atoms with van der Waals surface area (Å²) in [4.78, 5) is 45.5. The molecule has 1 N–H and O–H groups in total. The van der Waals surface area contributed by atoms with E-state index >= 15 is 0 Å². The lowest BCUT2D eigenvalue weighted by molar-refractivity contribution is -0.146. The second-order valence-corrected chi connectivity index (χ2v) is 8.72. The summed E-state index contributed by atoms with van der Waals surface area (Å²) < 4.78 is 19.0. The van der Waals surface area contributed by atoms with E-state index in [1.807, 2.05) is 37.3 Å². The number of likely N-dealkylation sites (N-methyl/N-ethyl adjacent to an activating group) is 1. The number of hydrogen-bond acceptors (Lipinski definition) is 4. The second kappa shape index (κ2) is 9.50. The summed E-state index contributed by atoms with van der Waals surface area (Å²) in [5, 5.41) is 2.89. The monoisotopic (exact) mass is 478 g/mol. The van der Waals surface area contributed by atoms with Crippen LogP contribution in [0.3, 0.4) is 0 Å². The molecule has 0 radical (unpaired) electrons. The Kier molecular flexibility index (Phi) is 6.25. The first kappa shape index (κ1) is 23.0. The Hall–Kier alpha value is -3.72. The van der Waals surface area contributed by atoms with Crippen LogP contribution in [0.4, 0.5) is 9.18 Å². The van der Waals surface area contributed by atoms with Crippen molar-refractivity contribution in [3.05, 3.63) is 82.8 Å². The molecule has 3 aliphatic heterocycles. The van der Waals surface area contributed by atoms with Gasteiger partial charge in [-0.1, -0.05) is 42.5 Å². The van der Waals surface area contributed by atoms with Gasteiger partial charge in [0, 0.05) is 19.6 Å². The SMILES string of the molecule is CCN1C(=O)NC(c2ccc(F)cc2)C2=C1CN(C(C(=O)N1CCOCC1)c1ccccc1)C2=O. The number of amides is 4. The molecule has 0 saturated carbocycles. The first-order valence-corrected chi connectivity index (χ1v) is 11.8. The maximum absolute atomic E-state index is 14.0. The molecule has 0 aliphatic carbocycles. The largest absolute Gasteiger partial charge is 0.378 e. The van der Waals surface area contributed by atoms with Crippen LogP contribution in [-0.2, 0) is 14.3 Å². The van der Waals surface area contributed by atoms with Gasteiger partial charge in [-0.2, -0.15) is 0 Å². The van der Waals surface area contributed by atoms with E-state index in [9.17, 15) is 18.8 Å². The summed E-state index contributed by atoms with van der Waals surface area (Å²) >= 11 is 0. The molecule has 2 aromatic rings. The Morgan fingerprint density at radius 3 is 2.43 bits per heavy atom. The maximum atomic E-state index is 14.0. The summed E-state index contributed by atoms with van der Waals surface area (Å²) in [7, 11) is 0. The fourth-order valence-electron chi connectivity index (χ4n) is 5.01. The fourth-order valence-corrected chi connectivity index (χ4v) is 5.01. The lowest BCUT2D eigenvalue weighted by atomic mass is 9.95. The van der Waals surface area contributed by atoms with Gasteiger partial charge >= 0.3 is 6.03 Å². The lowest BCUT2D eigenvalue weighted by Gasteiger charge is -2.35. The van der Waals surface area contributed by atoms with Gasteiger partial charge in [-0.25, -0.2) is 9.18 Å². The molecule has 2 atom stereocenters. The van der Waals surface area contributed by atoms with Crippen LogP contribution in [0.1, 0.15) is 30.1 Å². The molecule has 0 spiro atoms. The molecule has 8 nitrogen and oxygen atoms in total. The average Bonchev–Trinajstić information content (AvgIpc) is 3.22. The van der Waals surface area contributed by atoms with Crippen molar-refractivity contribution < 1.29 is 23.5 Å². The Balaban J connectivity index is 1.55. The Morgan fingerprint density at radius 1 is 1.09 bits per heavy atom. The number of hydrogen-bond donors (Lipinski definition) is 1. The van der Waals surface area contributed by atoms with Crippen molar-refractivity contribution in [2.24, 2.45) is 0 Å². The molecule has 2 unspecified atom stereocenters. The fraction of sp³-hybridized carbons (Fsp3) is 0.346. The van der Waals surface area contributed by atoms with Crippen molar-refractivity contribution in [2.45, 2.75) is 19.0 Å². The predicted molar refractivity (Wildman–Crippen MR) is 125 cm³/mol. The topological polar surface area (TPSA) is 82.2 Å². The number of morpholine rings is 1. The van der Waals surface area contributed by atoms with Crippen LogP contribution in [0, 0.1) is 5.82 Å². The summed E-state index contributed by atoms with van der Waals surface area (Å²) in [6, 6.07) is 13.1. The van der Waals surface area contributed by atoms with Gasteiger partial charge in [0.1, 0.15) is 11.9 Å². The van der Waals surface area contributed by atoms with Crippen molar-refractivity contribution in [1.82, 2.24) is 20.0 Å². The summed E-state index contributed by atoms with van der Waals surface area (Å²) in [5.41, 5.74) is 2.30. The minimum atomic E-state index is -0.838. The molecule has 3 aliphatic rings. The van der Waals surface area contributed by atoms with Crippen LogP contribution < -0.4 is 5.32 Å². The molecule has 4 amide bonds. The predicted octanol–water partition coefficient (Wildman–Crippen LogP) is 2.61. The number of carbonyl (C=O) groups is 3. The van der Waals surface area contributed by atoms with Gasteiger partial charge in [-0.05, 0) is 30.2 Å². The van der Waals surface area contributed by atoms with Crippen LogP contribution >= 0.6 is 0 Å². The van der Waals surface area contributed by atoms with E-state index in [4.69, 9.17) is 4.74 Å². The molecular weight excluding hydrogens is 451 g/mol. The first-order valence-electron chi connectivity index (χ1n) is 11.8. The number of halogens is 1. The third kappa shape index (κ3) is 4.16. The van der Waals surface area contributed by atoms with Gasteiger partial charge in [0.05, 0.1) is 37.1 Å². The van der Waals surface area contributed by atoms with E-state index in [1.165, 1.54) is 17.0 Å². The van der Waals surface area contributed by atoms with Gasteiger partial charge < -0.3 is 19.9 Å². The number of nitrogens with zero attached hydrogens (tertiary/aromatic N) is 3. The summed E-state index contributed by atoms with van der Waals surface area (Å²) in [6.07, 6.45) is 0. The molecule has 0 aromatic heterocycles. The molecule has 2 aromatic carbocycles. The Morgan fingerprint density at radius 2 is 1.77 bits per heavy atom. The number of benzene rings is 2. The van der Waals surface area contributed by atoms with E-state index in [2.05, 4.69) is 5.32 Å². The van der Waals surface area contributed by atoms with Gasteiger partial charge in [-0.15, -0.1) is 0 Å². The van der Waals surface area contributed by atoms with E-state index in [-0.39, 0.29) is 24.4 Å². The summed E-state index contributed by atoms with van der Waals surface area (Å²) in [5.74, 6) is -0.892. The van der Waals surface area contributed by atoms with Gasteiger partial charge in [0.25, 0.3) is 5.91 Å². The number of nitrogens with one attached hydrogen (secondary N) is 1. The van der Waals surface area contributed by atoms with Crippen LogP contribution in [0.2, 0.25) is 0 Å². The molecule has 1 fully saturated rings. The van der Waals surface area contributed by atoms with Crippen molar-refractivity contribution in [2.75, 3.05) is 39.4 Å².